The zero-order valence-corrected chi connectivity index (χ0v) is 27.0. The summed E-state index contributed by atoms with van der Waals surface area (Å²) < 4.78 is 16.1. The molecule has 0 unspecified atom stereocenters. The molecule has 1 amide bonds. The molecule has 9 nitrogen and oxygen atoms in total. The number of nitrogens with one attached hydrogen (secondary N) is 1. The molecule has 6 rings (SSSR count). The summed E-state index contributed by atoms with van der Waals surface area (Å²) in [5.41, 5.74) is 4.61. The van der Waals surface area contributed by atoms with Crippen LogP contribution in [0.1, 0.15) is 43.4 Å². The zero-order chi connectivity index (χ0) is 31.8. The van der Waals surface area contributed by atoms with Gasteiger partial charge < -0.3 is 20.0 Å². The van der Waals surface area contributed by atoms with Crippen LogP contribution in [0.15, 0.2) is 47.4 Å². The van der Waals surface area contributed by atoms with Crippen molar-refractivity contribution in [3.05, 3.63) is 74.9 Å². The molecule has 1 N–H and O–H groups in total. The number of carbonyl (C=O) groups excluding carboxylic acids is 1. The Labute approximate surface area is 267 Å². The third-order valence-electron chi connectivity index (χ3n) is 9.12. The van der Waals surface area contributed by atoms with Gasteiger partial charge in [0.25, 0.3) is 5.56 Å². The number of hydrogen-bond donors (Lipinski definition) is 1. The van der Waals surface area contributed by atoms with Gasteiger partial charge in [0.05, 0.1) is 11.6 Å². The number of hydrogen-bond acceptors (Lipinski definition) is 7. The normalized spacial score (nSPS) is 17.6. The van der Waals surface area contributed by atoms with Crippen molar-refractivity contribution in [2.75, 3.05) is 56.5 Å². The van der Waals surface area contributed by atoms with E-state index in [9.17, 15) is 14.0 Å². The van der Waals surface area contributed by atoms with Crippen molar-refractivity contribution in [1.29, 1.82) is 0 Å². The Kier molecular flexibility index (Phi) is 8.79. The smallest absolute Gasteiger partial charge is 0.260 e. The van der Waals surface area contributed by atoms with Gasteiger partial charge >= 0.3 is 0 Å². The van der Waals surface area contributed by atoms with E-state index in [0.717, 1.165) is 43.9 Å². The maximum atomic E-state index is 14.4. The van der Waals surface area contributed by atoms with Crippen molar-refractivity contribution >= 4 is 45.9 Å². The second-order valence-corrected chi connectivity index (χ2v) is 12.5. The van der Waals surface area contributed by atoms with E-state index < -0.39 is 5.82 Å². The highest BCUT2D eigenvalue weighted by Crippen LogP contribution is 2.34. The van der Waals surface area contributed by atoms with E-state index in [2.05, 4.69) is 46.2 Å². The number of likely N-dealkylation sites (N-methyl/N-ethyl adjacent to an activating group) is 1. The van der Waals surface area contributed by atoms with E-state index in [-0.39, 0.29) is 22.5 Å². The van der Waals surface area contributed by atoms with Gasteiger partial charge in [0, 0.05) is 79.2 Å². The van der Waals surface area contributed by atoms with E-state index >= 15 is 0 Å². The predicted molar refractivity (Wildman–Crippen MR) is 178 cm³/mol. The number of fused-ring (bicyclic) bond motifs is 1. The molecule has 4 aromatic rings. The summed E-state index contributed by atoms with van der Waals surface area (Å²) in [4.78, 5) is 43.2. The number of piperidine rings is 1. The summed E-state index contributed by atoms with van der Waals surface area (Å²) >= 11 is 6.53. The largest absolute Gasteiger partial charge is 0.369 e. The third-order valence-corrected chi connectivity index (χ3v) is 9.45. The first-order chi connectivity index (χ1) is 21.6. The van der Waals surface area contributed by atoms with Gasteiger partial charge in [0.1, 0.15) is 11.5 Å². The van der Waals surface area contributed by atoms with Crippen molar-refractivity contribution in [1.82, 2.24) is 24.3 Å². The van der Waals surface area contributed by atoms with Crippen molar-refractivity contribution in [2.45, 2.75) is 46.1 Å². The number of amides is 1. The lowest BCUT2D eigenvalue weighted by atomic mass is 9.98. The van der Waals surface area contributed by atoms with Crippen LogP contribution in [0.5, 0.6) is 0 Å². The van der Waals surface area contributed by atoms with Crippen LogP contribution in [0.2, 0.25) is 5.02 Å². The fourth-order valence-corrected chi connectivity index (χ4v) is 6.83. The van der Waals surface area contributed by atoms with Crippen LogP contribution in [0.25, 0.3) is 22.2 Å². The molecule has 11 heteroatoms. The fourth-order valence-electron chi connectivity index (χ4n) is 6.62. The number of halogens is 2. The molecule has 2 aromatic carbocycles. The summed E-state index contributed by atoms with van der Waals surface area (Å²) in [6, 6.07) is 9.95. The minimum atomic E-state index is -0.484. The molecule has 0 spiro atoms. The Morgan fingerprint density at radius 2 is 1.87 bits per heavy atom. The second-order valence-electron chi connectivity index (χ2n) is 12.1. The Hall–Kier alpha value is -4.02. The van der Waals surface area contributed by atoms with Crippen LogP contribution in [0.4, 0.5) is 21.7 Å². The molecule has 2 saturated heterocycles. The molecular formula is C34H39ClFN7O2. The first kappa shape index (κ1) is 31.0. The minimum Gasteiger partial charge on any atom is -0.369 e. The maximum Gasteiger partial charge on any atom is 0.260 e. The van der Waals surface area contributed by atoms with Crippen molar-refractivity contribution in [2.24, 2.45) is 0 Å². The Morgan fingerprint density at radius 1 is 1.09 bits per heavy atom. The third kappa shape index (κ3) is 6.13. The number of nitrogens with zero attached hydrogens (tertiary/aromatic N) is 6. The molecule has 0 aliphatic carbocycles. The molecule has 2 fully saturated rings. The zero-order valence-electron chi connectivity index (χ0n) is 26.2. The molecular weight excluding hydrogens is 593 g/mol. The van der Waals surface area contributed by atoms with Gasteiger partial charge in [-0.25, -0.2) is 9.37 Å². The van der Waals surface area contributed by atoms with Gasteiger partial charge in [0.15, 0.2) is 0 Å². The highest BCUT2D eigenvalue weighted by Gasteiger charge is 2.29. The number of benzene rings is 2. The molecule has 1 atom stereocenters. The number of carbonyl (C=O) groups is 1. The monoisotopic (exact) mass is 631 g/mol. The average Bonchev–Trinajstić information content (AvgIpc) is 3.03. The molecule has 4 heterocycles. The summed E-state index contributed by atoms with van der Waals surface area (Å²) in [7, 11) is 2.15. The van der Waals surface area contributed by atoms with Crippen LogP contribution in [0.3, 0.4) is 0 Å². The van der Waals surface area contributed by atoms with E-state index in [1.54, 1.807) is 10.8 Å². The standard InChI is InChI=1S/C34H39ClFN7O2/c1-5-30(44)42-12-6-7-25(20-42)43-32-27(22(3)31(33(43)45)26-18-23(36)8-10-28(26)35)19-37-34(39-32)38-24-9-11-29(21(2)17-24)41-15-13-40(4)14-16-41/h8-11,17-19,25H,5-7,12-16,20H2,1-4H3,(H,37,38,39)/t25-/m0/s1. The van der Waals surface area contributed by atoms with Crippen LogP contribution in [0, 0.1) is 19.7 Å². The van der Waals surface area contributed by atoms with Gasteiger partial charge in [-0.15, -0.1) is 0 Å². The van der Waals surface area contributed by atoms with Crippen molar-refractivity contribution in [3.63, 3.8) is 0 Å². The highest BCUT2D eigenvalue weighted by atomic mass is 35.5. The molecule has 0 radical (unpaired) electrons. The molecule has 0 saturated carbocycles. The van der Waals surface area contributed by atoms with Crippen molar-refractivity contribution in [3.8, 4) is 11.1 Å². The lowest BCUT2D eigenvalue weighted by Gasteiger charge is -2.35. The summed E-state index contributed by atoms with van der Waals surface area (Å²) in [5.74, 6) is -0.0810. The van der Waals surface area contributed by atoms with E-state index in [4.69, 9.17) is 16.6 Å². The summed E-state index contributed by atoms with van der Waals surface area (Å²) in [6.07, 6.45) is 3.55. The Bertz CT molecular complexity index is 1820. The van der Waals surface area contributed by atoms with Crippen LogP contribution in [-0.2, 0) is 4.79 Å². The van der Waals surface area contributed by atoms with E-state index in [0.29, 0.717) is 59.6 Å². The number of aryl methyl sites for hydroxylation is 2. The van der Waals surface area contributed by atoms with Crippen molar-refractivity contribution < 1.29 is 9.18 Å². The number of aromatic nitrogens is 3. The molecule has 2 aliphatic heterocycles. The van der Waals surface area contributed by atoms with Crippen LogP contribution < -0.4 is 15.8 Å². The van der Waals surface area contributed by atoms with Gasteiger partial charge in [-0.2, -0.15) is 4.98 Å². The minimum absolute atomic E-state index is 0.0462. The van der Waals surface area contributed by atoms with E-state index in [1.165, 1.54) is 23.9 Å². The number of rotatable bonds is 6. The van der Waals surface area contributed by atoms with Gasteiger partial charge in [-0.3, -0.25) is 14.2 Å². The average molecular weight is 632 g/mol. The molecule has 0 bridgehead atoms. The first-order valence-electron chi connectivity index (χ1n) is 15.6. The SMILES string of the molecule is CCC(=O)N1CCC[C@H](n2c(=O)c(-c3cc(F)ccc3Cl)c(C)c3cnc(Nc4ccc(N5CCN(C)CC5)c(C)c4)nc32)C1. The number of anilines is 3. The predicted octanol–water partition coefficient (Wildman–Crippen LogP) is 5.94. The number of pyridine rings is 1. The second kappa shape index (κ2) is 12.8. The molecule has 236 valence electrons. The summed E-state index contributed by atoms with van der Waals surface area (Å²) in [6.45, 7) is 10.8. The van der Waals surface area contributed by atoms with Gasteiger partial charge in [-0.05, 0) is 81.3 Å². The Balaban J connectivity index is 1.43. The lowest BCUT2D eigenvalue weighted by molar-refractivity contribution is -0.132. The van der Waals surface area contributed by atoms with Crippen LogP contribution >= 0.6 is 11.6 Å². The topological polar surface area (TPSA) is 86.6 Å². The van der Waals surface area contributed by atoms with Crippen LogP contribution in [-0.4, -0.2) is 76.6 Å². The number of likely N-dealkylation sites (tertiary alicyclic amines) is 1. The Morgan fingerprint density at radius 3 is 2.60 bits per heavy atom. The summed E-state index contributed by atoms with van der Waals surface area (Å²) in [5, 5.41) is 4.29. The molecule has 45 heavy (non-hydrogen) atoms. The maximum absolute atomic E-state index is 14.4. The first-order valence-corrected chi connectivity index (χ1v) is 16.0. The van der Waals surface area contributed by atoms with Gasteiger partial charge in [-0.1, -0.05) is 18.5 Å². The fraction of sp³-hybridized carbons (Fsp3) is 0.412. The molecule has 2 aromatic heterocycles. The lowest BCUT2D eigenvalue weighted by Crippen LogP contribution is -2.44. The van der Waals surface area contributed by atoms with Gasteiger partial charge in [0.2, 0.25) is 11.9 Å². The molecule has 2 aliphatic rings. The highest BCUT2D eigenvalue weighted by molar-refractivity contribution is 6.33. The van der Waals surface area contributed by atoms with E-state index in [1.807, 2.05) is 24.8 Å². The number of piperazine rings is 1. The quantitative estimate of drug-likeness (QED) is 0.282.